The first kappa shape index (κ1) is 30.2. The number of hydrogen-bond donors (Lipinski definition) is 0. The molecule has 4 nitrogen and oxygen atoms in total. The molecule has 0 rings (SSSR count). The maximum atomic E-state index is 6.79. The predicted molar refractivity (Wildman–Crippen MR) is 125 cm³/mol. The molecule has 0 aliphatic heterocycles. The van der Waals surface area contributed by atoms with E-state index in [-0.39, 0.29) is 12.4 Å². The molecule has 0 unspecified atom stereocenters. The van der Waals surface area contributed by atoms with Crippen molar-refractivity contribution in [3.63, 3.8) is 0 Å². The minimum absolute atomic E-state index is 0. The molecule has 0 saturated heterocycles. The van der Waals surface area contributed by atoms with E-state index in [1.54, 1.807) is 0 Å². The van der Waals surface area contributed by atoms with E-state index in [0.29, 0.717) is 0 Å². The summed E-state index contributed by atoms with van der Waals surface area (Å²) < 4.78 is 21.5. The Labute approximate surface area is 181 Å². The number of hydrogen-bond acceptors (Lipinski definition) is 3. The van der Waals surface area contributed by atoms with Gasteiger partial charge >= 0.3 is 8.80 Å². The number of nitrogens with zero attached hydrogens (tertiary/aromatic N) is 1. The Hall–Kier alpha value is 0.998. The number of quaternary nitrogens is 1. The highest BCUT2D eigenvalue weighted by Gasteiger charge is 2.49. The average Bonchev–Trinajstić information content (AvgIpc) is 2.38. The van der Waals surface area contributed by atoms with Gasteiger partial charge < -0.3 is 29.2 Å². The molecule has 0 spiro atoms. The van der Waals surface area contributed by atoms with Crippen LogP contribution in [0.2, 0.25) is 65.0 Å². The van der Waals surface area contributed by atoms with Crippen LogP contribution in [0.5, 0.6) is 0 Å². The lowest BCUT2D eigenvalue weighted by molar-refractivity contribution is -0.923. The van der Waals surface area contributed by atoms with E-state index in [0.717, 1.165) is 12.5 Å². The zero-order valence-electron chi connectivity index (χ0n) is 20.3. The van der Waals surface area contributed by atoms with Crippen LogP contribution in [0.4, 0.5) is 0 Å². The van der Waals surface area contributed by atoms with Crippen molar-refractivity contribution in [2.45, 2.75) is 92.2 Å². The molecule has 0 fully saturated rings. The Morgan fingerprint density at radius 3 is 1.11 bits per heavy atom. The van der Waals surface area contributed by atoms with Gasteiger partial charge in [0, 0.05) is 12.5 Å². The summed E-state index contributed by atoms with van der Waals surface area (Å²) in [5.41, 5.74) is 0. The van der Waals surface area contributed by atoms with Crippen LogP contribution in [0.15, 0.2) is 0 Å². The summed E-state index contributed by atoms with van der Waals surface area (Å²) in [7, 11) is -7.95. The molecule has 0 saturated carbocycles. The van der Waals surface area contributed by atoms with Crippen LogP contribution < -0.4 is 12.4 Å². The van der Waals surface area contributed by atoms with E-state index in [1.807, 2.05) is 0 Å². The summed E-state index contributed by atoms with van der Waals surface area (Å²) in [6.45, 7) is 32.1. The fourth-order valence-electron chi connectivity index (χ4n) is 3.39. The summed E-state index contributed by atoms with van der Waals surface area (Å²) in [4.78, 5) is 0. The highest BCUT2D eigenvalue weighted by atomic mass is 35.5. The Balaban J connectivity index is 0. The minimum atomic E-state index is -2.66. The van der Waals surface area contributed by atoms with Crippen LogP contribution in [0.3, 0.4) is 0 Å². The van der Waals surface area contributed by atoms with Crippen molar-refractivity contribution in [3.8, 4) is 0 Å². The highest BCUT2D eigenvalue weighted by molar-refractivity contribution is 6.90. The monoisotopic (exact) mass is 473 g/mol. The van der Waals surface area contributed by atoms with Gasteiger partial charge in [-0.1, -0.05) is 0 Å². The van der Waals surface area contributed by atoms with Gasteiger partial charge in [0.25, 0.3) is 0 Å². The number of rotatable bonds is 13. The van der Waals surface area contributed by atoms with Gasteiger partial charge in [-0.25, -0.2) is 0 Å². The third-order valence-electron chi connectivity index (χ3n) is 4.51. The normalized spacial score (nSPS) is 14.2. The highest BCUT2D eigenvalue weighted by Crippen LogP contribution is 2.30. The fraction of sp³-hybridized carbons (Fsp3) is 1.00. The predicted octanol–water partition coefficient (Wildman–Crippen LogP) is 2.75. The Morgan fingerprint density at radius 1 is 0.593 bits per heavy atom. The SMILES string of the molecule is CC[N+](CC)(CC)CCC[Si](O[Si](C)(C)C)(O[Si](C)(C)C)O[Si](C)(C)C.[Cl-]. The van der Waals surface area contributed by atoms with Gasteiger partial charge in [-0.05, 0) is 79.7 Å². The third kappa shape index (κ3) is 13.0. The van der Waals surface area contributed by atoms with Gasteiger partial charge in [-0.2, -0.15) is 0 Å². The molecule has 0 aromatic carbocycles. The van der Waals surface area contributed by atoms with Crippen LogP contribution in [0, 0.1) is 0 Å². The first-order valence-electron chi connectivity index (χ1n) is 10.5. The zero-order valence-corrected chi connectivity index (χ0v) is 25.0. The molecule has 9 heteroatoms. The van der Waals surface area contributed by atoms with Crippen LogP contribution in [-0.2, 0) is 12.3 Å². The second-order valence-electron chi connectivity index (χ2n) is 10.4. The van der Waals surface area contributed by atoms with Gasteiger partial charge in [0.2, 0.25) is 0 Å². The molecule has 0 heterocycles. The molecule has 0 radical (unpaired) electrons. The first-order chi connectivity index (χ1) is 11.5. The quantitative estimate of drug-likeness (QED) is 0.304. The lowest BCUT2D eigenvalue weighted by atomic mass is 10.3. The lowest BCUT2D eigenvalue weighted by Crippen LogP contribution is -3.00. The molecule has 0 aliphatic carbocycles. The Morgan fingerprint density at radius 2 is 0.889 bits per heavy atom. The van der Waals surface area contributed by atoms with E-state index >= 15 is 0 Å². The summed E-state index contributed by atoms with van der Waals surface area (Å²) in [6.07, 6.45) is 1.13. The van der Waals surface area contributed by atoms with Crippen molar-refractivity contribution in [1.82, 2.24) is 0 Å². The van der Waals surface area contributed by atoms with E-state index in [9.17, 15) is 0 Å². The number of halogens is 1. The summed E-state index contributed by atoms with van der Waals surface area (Å²) in [6, 6.07) is 0.964. The molecule has 0 bridgehead atoms. The maximum Gasteiger partial charge on any atom is 0.469 e. The minimum Gasteiger partial charge on any atom is -1.00 e. The second kappa shape index (κ2) is 11.4. The van der Waals surface area contributed by atoms with Crippen LogP contribution >= 0.6 is 0 Å². The van der Waals surface area contributed by atoms with Gasteiger partial charge in [-0.15, -0.1) is 0 Å². The summed E-state index contributed by atoms with van der Waals surface area (Å²) in [5, 5.41) is 0. The van der Waals surface area contributed by atoms with Crippen molar-refractivity contribution >= 4 is 33.8 Å². The van der Waals surface area contributed by atoms with Crippen LogP contribution in [0.25, 0.3) is 0 Å². The molecule has 0 aliphatic rings. The van der Waals surface area contributed by atoms with Gasteiger partial charge in [0.15, 0.2) is 25.0 Å². The van der Waals surface area contributed by atoms with E-state index in [1.165, 1.54) is 30.7 Å². The van der Waals surface area contributed by atoms with Gasteiger partial charge in [0.05, 0.1) is 26.2 Å². The maximum absolute atomic E-state index is 6.79. The molecule has 166 valence electrons. The smallest absolute Gasteiger partial charge is 0.469 e. The molecule has 0 amide bonds. The van der Waals surface area contributed by atoms with E-state index in [2.05, 4.69) is 79.7 Å². The summed E-state index contributed by atoms with van der Waals surface area (Å²) >= 11 is 0. The van der Waals surface area contributed by atoms with E-state index in [4.69, 9.17) is 12.3 Å². The first-order valence-corrected chi connectivity index (χ1v) is 22.6. The van der Waals surface area contributed by atoms with Crippen molar-refractivity contribution < 1.29 is 29.2 Å². The van der Waals surface area contributed by atoms with Crippen LogP contribution in [0.1, 0.15) is 27.2 Å². The molecule has 27 heavy (non-hydrogen) atoms. The molecule has 0 aromatic rings. The van der Waals surface area contributed by atoms with Crippen molar-refractivity contribution in [3.05, 3.63) is 0 Å². The zero-order chi connectivity index (χ0) is 20.9. The molecular formula is C18H48ClNO3Si4. The lowest BCUT2D eigenvalue weighted by Gasteiger charge is -2.43. The molecule has 0 atom stereocenters. The largest absolute Gasteiger partial charge is 1.00 e. The second-order valence-corrected chi connectivity index (χ2v) is 27.4. The Bertz CT molecular complexity index is 367. The van der Waals surface area contributed by atoms with Crippen molar-refractivity contribution in [1.29, 1.82) is 0 Å². The third-order valence-corrected chi connectivity index (χ3v) is 16.6. The van der Waals surface area contributed by atoms with Crippen molar-refractivity contribution in [2.75, 3.05) is 26.2 Å². The topological polar surface area (TPSA) is 27.7 Å². The fourth-order valence-corrected chi connectivity index (χ4v) is 18.0. The van der Waals surface area contributed by atoms with E-state index < -0.39 is 33.8 Å². The van der Waals surface area contributed by atoms with Crippen LogP contribution in [-0.4, -0.2) is 64.4 Å². The van der Waals surface area contributed by atoms with Gasteiger partial charge in [-0.3, -0.25) is 0 Å². The Kier molecular flexibility index (Phi) is 12.8. The molecule has 0 aromatic heterocycles. The molecule has 0 N–H and O–H groups in total. The average molecular weight is 474 g/mol. The van der Waals surface area contributed by atoms with Gasteiger partial charge in [0.1, 0.15) is 0 Å². The van der Waals surface area contributed by atoms with Crippen molar-refractivity contribution in [2.24, 2.45) is 0 Å². The molecular weight excluding hydrogens is 426 g/mol. The standard InChI is InChI=1S/C18H48NO3Si4.ClH/c1-13-19(14-2,15-3)17-16-18-26(20-23(4,5)6,21-24(7,8)9)22-25(10,11)12;/h13-18H2,1-12H3;1H/q+1;/p-1. The summed E-state index contributed by atoms with van der Waals surface area (Å²) in [5.74, 6) is 0.